The van der Waals surface area contributed by atoms with Gasteiger partial charge in [0.25, 0.3) is 0 Å². The molecule has 0 bridgehead atoms. The predicted molar refractivity (Wildman–Crippen MR) is 38.6 cm³/mol. The molecule has 4 nitrogen and oxygen atoms in total. The highest BCUT2D eigenvalue weighted by atomic mass is 16.8. The molecule has 0 saturated heterocycles. The fourth-order valence-electron chi connectivity index (χ4n) is 0.654. The first-order chi connectivity index (χ1) is 5.04. The van der Waals surface area contributed by atoms with Crippen LogP contribution in [0.25, 0.3) is 0 Å². The van der Waals surface area contributed by atoms with Gasteiger partial charge in [-0.05, 0) is 6.92 Å². The molecule has 0 heterocycles. The SMILES string of the molecule is CCOC(O)(CC)OC(C)=O. The van der Waals surface area contributed by atoms with Crippen molar-refractivity contribution in [2.24, 2.45) is 0 Å². The highest BCUT2D eigenvalue weighted by molar-refractivity contribution is 5.66. The zero-order chi connectivity index (χ0) is 8.91. The third-order valence-corrected chi connectivity index (χ3v) is 1.12. The normalized spacial score (nSPS) is 15.6. The number of hydrogen-bond acceptors (Lipinski definition) is 4. The van der Waals surface area contributed by atoms with E-state index in [-0.39, 0.29) is 6.42 Å². The molecule has 1 unspecified atom stereocenters. The van der Waals surface area contributed by atoms with Gasteiger partial charge in [-0.3, -0.25) is 4.79 Å². The first-order valence-electron chi connectivity index (χ1n) is 3.60. The predicted octanol–water partition coefficient (Wildman–Crippen LogP) is 0.642. The van der Waals surface area contributed by atoms with Crippen molar-refractivity contribution >= 4 is 5.97 Å². The van der Waals surface area contributed by atoms with Crippen LogP contribution in [-0.4, -0.2) is 23.7 Å². The molecule has 1 N–H and O–H groups in total. The van der Waals surface area contributed by atoms with Crippen LogP contribution in [0.15, 0.2) is 0 Å². The lowest BCUT2D eigenvalue weighted by atomic mass is 10.4. The number of ether oxygens (including phenoxy) is 2. The maximum Gasteiger partial charge on any atom is 0.326 e. The van der Waals surface area contributed by atoms with Crippen molar-refractivity contribution in [3.8, 4) is 0 Å². The van der Waals surface area contributed by atoms with Crippen molar-refractivity contribution in [1.82, 2.24) is 0 Å². The number of aliphatic hydroxyl groups is 1. The van der Waals surface area contributed by atoms with E-state index in [2.05, 4.69) is 4.74 Å². The third-order valence-electron chi connectivity index (χ3n) is 1.12. The van der Waals surface area contributed by atoms with Crippen LogP contribution in [0, 0.1) is 0 Å². The summed E-state index contributed by atoms with van der Waals surface area (Å²) < 4.78 is 9.32. The van der Waals surface area contributed by atoms with Gasteiger partial charge in [0, 0.05) is 13.3 Å². The molecule has 0 radical (unpaired) electrons. The Balaban J connectivity index is 3.98. The van der Waals surface area contributed by atoms with Crippen LogP contribution in [-0.2, 0) is 14.3 Å². The Morgan fingerprint density at radius 2 is 2.09 bits per heavy atom. The van der Waals surface area contributed by atoms with Crippen LogP contribution >= 0.6 is 0 Å². The van der Waals surface area contributed by atoms with Crippen LogP contribution in [0.3, 0.4) is 0 Å². The zero-order valence-electron chi connectivity index (χ0n) is 7.09. The van der Waals surface area contributed by atoms with Crippen LogP contribution in [0.5, 0.6) is 0 Å². The third kappa shape index (κ3) is 3.95. The maximum absolute atomic E-state index is 10.4. The van der Waals surface area contributed by atoms with E-state index in [1.165, 1.54) is 6.92 Å². The molecule has 1 atom stereocenters. The molecule has 0 aromatic carbocycles. The summed E-state index contributed by atoms with van der Waals surface area (Å²) in [5, 5.41) is 9.33. The minimum absolute atomic E-state index is 0.223. The van der Waals surface area contributed by atoms with E-state index in [1.54, 1.807) is 13.8 Å². The summed E-state index contributed by atoms with van der Waals surface area (Å²) in [5.41, 5.74) is 0. The van der Waals surface area contributed by atoms with Crippen LogP contribution in [0.4, 0.5) is 0 Å². The quantitative estimate of drug-likeness (QED) is 0.487. The van der Waals surface area contributed by atoms with Crippen LogP contribution < -0.4 is 0 Å². The van der Waals surface area contributed by atoms with Gasteiger partial charge in [-0.25, -0.2) is 0 Å². The molecule has 0 amide bonds. The summed E-state index contributed by atoms with van der Waals surface area (Å²) >= 11 is 0. The Morgan fingerprint density at radius 3 is 2.36 bits per heavy atom. The summed E-state index contributed by atoms with van der Waals surface area (Å²) in [4.78, 5) is 10.4. The van der Waals surface area contributed by atoms with Crippen LogP contribution in [0.1, 0.15) is 27.2 Å². The first kappa shape index (κ1) is 10.4. The lowest BCUT2D eigenvalue weighted by Gasteiger charge is -2.24. The van der Waals surface area contributed by atoms with E-state index in [9.17, 15) is 9.90 Å². The Bertz CT molecular complexity index is 134. The first-order valence-corrected chi connectivity index (χ1v) is 3.60. The molecule has 0 aromatic rings. The number of carbonyl (C=O) groups excluding carboxylic acids is 1. The molecule has 0 rings (SSSR count). The van der Waals surface area contributed by atoms with Gasteiger partial charge in [-0.15, -0.1) is 0 Å². The molecule has 0 aliphatic carbocycles. The van der Waals surface area contributed by atoms with Crippen molar-refractivity contribution < 1.29 is 19.4 Å². The summed E-state index contributed by atoms with van der Waals surface area (Å²) in [6.07, 6.45) is 0.223. The van der Waals surface area contributed by atoms with E-state index in [4.69, 9.17) is 4.74 Å². The Labute approximate surface area is 66.1 Å². The summed E-state index contributed by atoms with van der Waals surface area (Å²) in [5.74, 6) is -2.29. The molecule has 0 spiro atoms. The van der Waals surface area contributed by atoms with Gasteiger partial charge in [0.1, 0.15) is 0 Å². The average molecular weight is 162 g/mol. The lowest BCUT2D eigenvalue weighted by molar-refractivity contribution is -0.340. The maximum atomic E-state index is 10.4. The largest absolute Gasteiger partial charge is 0.408 e. The van der Waals surface area contributed by atoms with Crippen molar-refractivity contribution in [1.29, 1.82) is 0 Å². The van der Waals surface area contributed by atoms with Gasteiger partial charge in [-0.2, -0.15) is 0 Å². The molecule has 0 fully saturated rings. The summed E-state index contributed by atoms with van der Waals surface area (Å²) in [7, 11) is 0. The topological polar surface area (TPSA) is 55.8 Å². The minimum Gasteiger partial charge on any atom is -0.408 e. The van der Waals surface area contributed by atoms with Crippen molar-refractivity contribution in [2.75, 3.05) is 6.61 Å². The molecule has 0 aliphatic rings. The second-order valence-electron chi connectivity index (χ2n) is 2.09. The standard InChI is InChI=1S/C7H14O4/c1-4-7(9,10-5-2)11-6(3)8/h9H,4-5H2,1-3H3. The Morgan fingerprint density at radius 1 is 1.55 bits per heavy atom. The highest BCUT2D eigenvalue weighted by Crippen LogP contribution is 2.13. The van der Waals surface area contributed by atoms with Crippen molar-refractivity contribution in [2.45, 2.75) is 33.2 Å². The van der Waals surface area contributed by atoms with Gasteiger partial charge in [0.15, 0.2) is 0 Å². The van der Waals surface area contributed by atoms with Gasteiger partial charge in [0.2, 0.25) is 0 Å². The second kappa shape index (κ2) is 4.31. The lowest BCUT2D eigenvalue weighted by Crippen LogP contribution is -2.36. The molecule has 0 saturated carbocycles. The molecule has 0 aliphatic heterocycles. The van der Waals surface area contributed by atoms with E-state index in [1.807, 2.05) is 0 Å². The molecule has 66 valence electrons. The minimum atomic E-state index is -1.74. The molecule has 11 heavy (non-hydrogen) atoms. The number of esters is 1. The number of hydrogen-bond donors (Lipinski definition) is 1. The molecular formula is C7H14O4. The Kier molecular flexibility index (Phi) is 4.07. The van der Waals surface area contributed by atoms with E-state index < -0.39 is 11.9 Å². The van der Waals surface area contributed by atoms with Gasteiger partial charge < -0.3 is 14.6 Å². The fourth-order valence-corrected chi connectivity index (χ4v) is 0.654. The second-order valence-corrected chi connectivity index (χ2v) is 2.09. The van der Waals surface area contributed by atoms with Gasteiger partial charge in [0.05, 0.1) is 6.61 Å². The number of carbonyl (C=O) groups is 1. The fraction of sp³-hybridized carbons (Fsp3) is 0.857. The van der Waals surface area contributed by atoms with Gasteiger partial charge in [-0.1, -0.05) is 6.92 Å². The summed E-state index contributed by atoms with van der Waals surface area (Å²) in [6, 6.07) is 0. The molecule has 4 heteroatoms. The van der Waals surface area contributed by atoms with E-state index >= 15 is 0 Å². The Hall–Kier alpha value is -0.610. The van der Waals surface area contributed by atoms with Crippen molar-refractivity contribution in [3.63, 3.8) is 0 Å². The van der Waals surface area contributed by atoms with Crippen LogP contribution in [0.2, 0.25) is 0 Å². The molecule has 0 aromatic heterocycles. The van der Waals surface area contributed by atoms with E-state index in [0.29, 0.717) is 6.61 Å². The summed E-state index contributed by atoms with van der Waals surface area (Å²) in [6.45, 7) is 4.90. The number of rotatable bonds is 4. The average Bonchev–Trinajstić information content (AvgIpc) is 1.87. The van der Waals surface area contributed by atoms with E-state index in [0.717, 1.165) is 0 Å². The monoisotopic (exact) mass is 162 g/mol. The van der Waals surface area contributed by atoms with Crippen molar-refractivity contribution in [3.05, 3.63) is 0 Å². The van der Waals surface area contributed by atoms with Gasteiger partial charge >= 0.3 is 11.9 Å². The highest BCUT2D eigenvalue weighted by Gasteiger charge is 2.28. The molecular weight excluding hydrogens is 148 g/mol. The smallest absolute Gasteiger partial charge is 0.326 e. The zero-order valence-corrected chi connectivity index (χ0v) is 7.09.